The minimum atomic E-state index is -0.858. The molecule has 1 N–H and O–H groups in total. The number of furan rings is 1. The van der Waals surface area contributed by atoms with Crippen molar-refractivity contribution >= 4 is 17.4 Å². The Bertz CT molecular complexity index is 1380. The van der Waals surface area contributed by atoms with E-state index in [4.69, 9.17) is 18.6 Å². The van der Waals surface area contributed by atoms with Gasteiger partial charge in [0, 0.05) is 12.0 Å². The number of ether oxygens (including phenoxy) is 3. The Kier molecular flexibility index (Phi) is 7.13. The number of carbonyl (C=O) groups excluding carboxylic acids is 2. The number of likely N-dealkylation sites (tertiary alicyclic amines) is 1. The quantitative estimate of drug-likeness (QED) is 0.230. The van der Waals surface area contributed by atoms with Gasteiger partial charge in [-0.1, -0.05) is 13.0 Å². The molecule has 2 aromatic carbocycles. The van der Waals surface area contributed by atoms with Crippen LogP contribution in [0.2, 0.25) is 0 Å². The van der Waals surface area contributed by atoms with Gasteiger partial charge in [0.15, 0.2) is 11.5 Å². The van der Waals surface area contributed by atoms with E-state index in [0.717, 1.165) is 17.7 Å². The number of aliphatic hydroxyl groups is 1. The first kappa shape index (κ1) is 25.4. The lowest BCUT2D eigenvalue weighted by Crippen LogP contribution is -2.29. The van der Waals surface area contributed by atoms with Gasteiger partial charge in [0.25, 0.3) is 11.7 Å². The molecule has 2 aliphatic heterocycles. The molecule has 5 rings (SSSR count). The maximum Gasteiger partial charge on any atom is 0.296 e. The number of rotatable bonds is 9. The maximum atomic E-state index is 13.4. The van der Waals surface area contributed by atoms with Crippen molar-refractivity contribution in [3.8, 4) is 17.2 Å². The molecule has 3 heterocycles. The molecule has 0 saturated carbocycles. The van der Waals surface area contributed by atoms with E-state index in [9.17, 15) is 14.7 Å². The highest BCUT2D eigenvalue weighted by Gasteiger charge is 2.46. The van der Waals surface area contributed by atoms with E-state index in [1.807, 2.05) is 26.8 Å². The Hall–Kier alpha value is -4.20. The molecule has 0 spiro atoms. The second kappa shape index (κ2) is 10.7. The predicted octanol–water partition coefficient (Wildman–Crippen LogP) is 5.41. The summed E-state index contributed by atoms with van der Waals surface area (Å²) in [5, 5.41) is 11.5. The van der Waals surface area contributed by atoms with E-state index in [1.165, 1.54) is 11.2 Å². The van der Waals surface area contributed by atoms with Crippen LogP contribution in [-0.2, 0) is 22.6 Å². The smallest absolute Gasteiger partial charge is 0.296 e. The van der Waals surface area contributed by atoms with Gasteiger partial charge in [-0.05, 0) is 73.9 Å². The zero-order chi connectivity index (χ0) is 26.8. The average molecular weight is 518 g/mol. The molecule has 2 aliphatic rings. The van der Waals surface area contributed by atoms with Crippen LogP contribution in [0.3, 0.4) is 0 Å². The van der Waals surface area contributed by atoms with Crippen molar-refractivity contribution in [2.24, 2.45) is 0 Å². The minimum absolute atomic E-state index is 0.0122. The van der Waals surface area contributed by atoms with Crippen LogP contribution in [0.4, 0.5) is 0 Å². The van der Waals surface area contributed by atoms with Gasteiger partial charge in [0.1, 0.15) is 23.4 Å². The first-order valence-electron chi connectivity index (χ1n) is 12.9. The fraction of sp³-hybridized carbons (Fsp3) is 0.333. The average Bonchev–Trinajstić information content (AvgIpc) is 3.62. The highest BCUT2D eigenvalue weighted by Crippen LogP contribution is 2.43. The molecule has 1 saturated heterocycles. The molecule has 0 bridgehead atoms. The standard InChI is InChI=1S/C30H31NO7/c1-4-12-37-24-11-8-19(16-25(24)35-5-2)27-26(29(33)30(34)31(27)17-22-7-6-13-36-22)28(32)20-9-10-23-21(15-20)14-18(3)38-23/h6-11,13,15-16,18,27,32H,4-5,12,14,17H2,1-3H3/b28-26+/t18-,27+/m1/s1. The highest BCUT2D eigenvalue weighted by molar-refractivity contribution is 6.46. The molecule has 198 valence electrons. The summed E-state index contributed by atoms with van der Waals surface area (Å²) in [5.41, 5.74) is 2.02. The Morgan fingerprint density at radius 2 is 1.92 bits per heavy atom. The molecule has 0 unspecified atom stereocenters. The lowest BCUT2D eigenvalue weighted by atomic mass is 9.94. The van der Waals surface area contributed by atoms with Crippen LogP contribution in [0.1, 0.15) is 55.7 Å². The van der Waals surface area contributed by atoms with Crippen molar-refractivity contribution in [1.82, 2.24) is 4.90 Å². The minimum Gasteiger partial charge on any atom is -0.507 e. The van der Waals surface area contributed by atoms with E-state index in [0.29, 0.717) is 48.0 Å². The SMILES string of the molecule is CCCOc1ccc([C@H]2/C(=C(\O)c3ccc4c(c3)C[C@@H](C)O4)C(=O)C(=O)N2Cc2ccco2)cc1OCC. The normalized spacial score (nSPS) is 19.9. The number of ketones is 1. The Morgan fingerprint density at radius 3 is 2.66 bits per heavy atom. The molecule has 0 aliphatic carbocycles. The summed E-state index contributed by atoms with van der Waals surface area (Å²) in [6, 6.07) is 13.3. The number of amides is 1. The lowest BCUT2D eigenvalue weighted by molar-refractivity contribution is -0.140. The molecule has 8 heteroatoms. The Morgan fingerprint density at radius 1 is 1.08 bits per heavy atom. The van der Waals surface area contributed by atoms with Crippen molar-refractivity contribution in [1.29, 1.82) is 0 Å². The zero-order valence-electron chi connectivity index (χ0n) is 21.7. The van der Waals surface area contributed by atoms with Gasteiger partial charge < -0.3 is 28.6 Å². The number of hydrogen-bond acceptors (Lipinski definition) is 7. The van der Waals surface area contributed by atoms with E-state index in [-0.39, 0.29) is 24.0 Å². The van der Waals surface area contributed by atoms with Crippen molar-refractivity contribution in [2.75, 3.05) is 13.2 Å². The van der Waals surface area contributed by atoms with Gasteiger partial charge in [0.05, 0.1) is 37.6 Å². The fourth-order valence-electron chi connectivity index (χ4n) is 4.98. The van der Waals surface area contributed by atoms with E-state index in [1.54, 1.807) is 42.5 Å². The van der Waals surface area contributed by atoms with Gasteiger partial charge in [-0.25, -0.2) is 0 Å². The van der Waals surface area contributed by atoms with Crippen LogP contribution >= 0.6 is 0 Å². The summed E-state index contributed by atoms with van der Waals surface area (Å²) in [7, 11) is 0. The first-order chi connectivity index (χ1) is 18.4. The summed E-state index contributed by atoms with van der Waals surface area (Å²) >= 11 is 0. The second-order valence-corrected chi connectivity index (χ2v) is 9.45. The van der Waals surface area contributed by atoms with Crippen LogP contribution in [0.5, 0.6) is 17.2 Å². The van der Waals surface area contributed by atoms with Crippen LogP contribution in [0.15, 0.2) is 64.8 Å². The van der Waals surface area contributed by atoms with Gasteiger partial charge >= 0.3 is 0 Å². The molecule has 1 amide bonds. The van der Waals surface area contributed by atoms with Gasteiger partial charge in [-0.15, -0.1) is 0 Å². The third kappa shape index (κ3) is 4.74. The summed E-state index contributed by atoms with van der Waals surface area (Å²) in [6.45, 7) is 6.86. The fourth-order valence-corrected chi connectivity index (χ4v) is 4.98. The van der Waals surface area contributed by atoms with Crippen LogP contribution in [0.25, 0.3) is 5.76 Å². The number of nitrogens with zero attached hydrogens (tertiary/aromatic N) is 1. The van der Waals surface area contributed by atoms with Crippen molar-refractivity contribution in [3.63, 3.8) is 0 Å². The molecular weight excluding hydrogens is 486 g/mol. The largest absolute Gasteiger partial charge is 0.507 e. The summed E-state index contributed by atoms with van der Waals surface area (Å²) in [6.07, 6.45) is 3.08. The number of carbonyl (C=O) groups is 2. The molecule has 8 nitrogen and oxygen atoms in total. The number of aliphatic hydroxyl groups excluding tert-OH is 1. The number of Topliss-reactive ketones (excluding diaryl/α,β-unsaturated/α-hetero) is 1. The molecule has 1 fully saturated rings. The summed E-state index contributed by atoms with van der Waals surface area (Å²) < 4.78 is 23.0. The zero-order valence-corrected chi connectivity index (χ0v) is 21.7. The van der Waals surface area contributed by atoms with Crippen LogP contribution < -0.4 is 14.2 Å². The van der Waals surface area contributed by atoms with Gasteiger partial charge in [-0.3, -0.25) is 9.59 Å². The number of fused-ring (bicyclic) bond motifs is 1. The Labute approximate surface area is 221 Å². The summed E-state index contributed by atoms with van der Waals surface area (Å²) in [5.74, 6) is 0.658. The third-order valence-electron chi connectivity index (χ3n) is 6.66. The van der Waals surface area contributed by atoms with Gasteiger partial charge in [0.2, 0.25) is 0 Å². The van der Waals surface area contributed by atoms with E-state index >= 15 is 0 Å². The van der Waals surface area contributed by atoms with Crippen LogP contribution in [-0.4, -0.2) is 41.0 Å². The van der Waals surface area contributed by atoms with Crippen molar-refractivity contribution in [3.05, 3.63) is 82.8 Å². The third-order valence-corrected chi connectivity index (χ3v) is 6.66. The number of hydrogen-bond donors (Lipinski definition) is 1. The molecular formula is C30H31NO7. The molecule has 38 heavy (non-hydrogen) atoms. The second-order valence-electron chi connectivity index (χ2n) is 9.45. The molecule has 0 radical (unpaired) electrons. The highest BCUT2D eigenvalue weighted by atomic mass is 16.5. The molecule has 2 atom stereocenters. The van der Waals surface area contributed by atoms with E-state index < -0.39 is 17.7 Å². The predicted molar refractivity (Wildman–Crippen MR) is 140 cm³/mol. The first-order valence-corrected chi connectivity index (χ1v) is 12.9. The summed E-state index contributed by atoms with van der Waals surface area (Å²) in [4.78, 5) is 28.2. The van der Waals surface area contributed by atoms with Gasteiger partial charge in [-0.2, -0.15) is 0 Å². The van der Waals surface area contributed by atoms with Crippen LogP contribution in [0, 0.1) is 0 Å². The Balaban J connectivity index is 1.63. The van der Waals surface area contributed by atoms with Crippen molar-refractivity contribution < 1.29 is 33.3 Å². The monoisotopic (exact) mass is 517 g/mol. The molecule has 1 aromatic heterocycles. The lowest BCUT2D eigenvalue weighted by Gasteiger charge is -2.25. The number of benzene rings is 2. The maximum absolute atomic E-state index is 13.4. The van der Waals surface area contributed by atoms with Crippen molar-refractivity contribution in [2.45, 2.75) is 52.3 Å². The molecule has 3 aromatic rings. The topological polar surface area (TPSA) is 98.4 Å². The van der Waals surface area contributed by atoms with E-state index in [2.05, 4.69) is 0 Å².